The minimum absolute atomic E-state index is 0.669. The Bertz CT molecular complexity index is 487. The molecule has 3 nitrogen and oxygen atoms in total. The summed E-state index contributed by atoms with van der Waals surface area (Å²) < 4.78 is 0. The Morgan fingerprint density at radius 3 is 1.10 bits per heavy atom. The van der Waals surface area contributed by atoms with E-state index in [-0.39, 0.29) is 0 Å². The Kier molecular flexibility index (Phi) is 32.4. The first-order chi connectivity index (χ1) is 14.3. The third kappa shape index (κ3) is 25.5. The molecule has 0 aliphatic rings. The van der Waals surface area contributed by atoms with Gasteiger partial charge in [0.1, 0.15) is 0 Å². The second-order valence-corrected chi connectivity index (χ2v) is 5.35. The monoisotopic (exact) mass is 397 g/mol. The maximum absolute atomic E-state index is 3.96. The van der Waals surface area contributed by atoms with Crippen LogP contribution >= 0.6 is 0 Å². The van der Waals surface area contributed by atoms with Gasteiger partial charge in [-0.3, -0.25) is 15.0 Å². The van der Waals surface area contributed by atoms with Gasteiger partial charge in [-0.25, -0.2) is 0 Å². The fraction of sp³-hybridized carbons (Fsp3) is 0.423. The molecule has 0 bridgehead atoms. The van der Waals surface area contributed by atoms with Crippen molar-refractivity contribution in [1.82, 2.24) is 15.0 Å². The smallest absolute Gasteiger partial charge is 0.0270 e. The Hall–Kier alpha value is -2.55. The molecule has 0 aliphatic carbocycles. The molecule has 3 rings (SSSR count). The molecule has 162 valence electrons. The zero-order valence-electron chi connectivity index (χ0n) is 19.9. The molecule has 3 heteroatoms. The molecule has 0 aromatic carbocycles. The number of hydrogen-bond acceptors (Lipinski definition) is 3. The van der Waals surface area contributed by atoms with Crippen LogP contribution in [0.2, 0.25) is 0 Å². The second kappa shape index (κ2) is 30.2. The first-order valence-corrected chi connectivity index (χ1v) is 10.9. The van der Waals surface area contributed by atoms with Gasteiger partial charge in [-0.05, 0) is 54.3 Å². The lowest BCUT2D eigenvalue weighted by molar-refractivity contribution is 0.732. The molecule has 0 radical (unpaired) electrons. The van der Waals surface area contributed by atoms with Gasteiger partial charge < -0.3 is 0 Å². The molecule has 1 atom stereocenters. The van der Waals surface area contributed by atoms with Crippen LogP contribution in [0.3, 0.4) is 0 Å². The van der Waals surface area contributed by atoms with Crippen molar-refractivity contribution in [3.8, 4) is 0 Å². The summed E-state index contributed by atoms with van der Waals surface area (Å²) in [5.41, 5.74) is 1.39. The van der Waals surface area contributed by atoms with Gasteiger partial charge in [-0.1, -0.05) is 73.9 Å². The minimum atomic E-state index is 0.669. The van der Waals surface area contributed by atoms with Crippen molar-refractivity contribution in [2.75, 3.05) is 0 Å². The molecule has 3 heterocycles. The fourth-order valence-electron chi connectivity index (χ4n) is 1.55. The number of nitrogens with zero attached hydrogens (tertiary/aromatic N) is 3. The Balaban J connectivity index is -0.000000312. The van der Waals surface area contributed by atoms with Crippen LogP contribution in [0.25, 0.3) is 0 Å². The molecule has 0 saturated carbocycles. The predicted molar refractivity (Wildman–Crippen MR) is 130 cm³/mol. The molecule has 0 fully saturated rings. The number of hydrogen-bond donors (Lipinski definition) is 0. The zero-order chi connectivity index (χ0) is 22.6. The predicted octanol–water partition coefficient (Wildman–Crippen LogP) is 8.23. The third-order valence-corrected chi connectivity index (χ3v) is 3.02. The Morgan fingerprint density at radius 2 is 0.897 bits per heavy atom. The van der Waals surface area contributed by atoms with Crippen molar-refractivity contribution < 1.29 is 0 Å². The molecule has 0 N–H and O–H groups in total. The van der Waals surface area contributed by atoms with Gasteiger partial charge in [0.05, 0.1) is 0 Å². The van der Waals surface area contributed by atoms with E-state index >= 15 is 0 Å². The topological polar surface area (TPSA) is 38.7 Å². The lowest BCUT2D eigenvalue weighted by atomic mass is 10.0. The second-order valence-electron chi connectivity index (χ2n) is 5.35. The Labute approximate surface area is 180 Å². The first kappa shape index (κ1) is 31.2. The molecule has 3 aromatic rings. The van der Waals surface area contributed by atoms with Gasteiger partial charge in [-0.15, -0.1) is 0 Å². The largest absolute Gasteiger partial charge is 0.265 e. The molecule has 29 heavy (non-hydrogen) atoms. The van der Waals surface area contributed by atoms with E-state index in [1.165, 1.54) is 18.4 Å². The average Bonchev–Trinajstić information content (AvgIpc) is 2.85. The molecular weight excluding hydrogens is 354 g/mol. The SMILES string of the molecule is CC.CC.CCC.CCC(C)c1ccncc1.c1ccncc1.c1ccncc1. The highest BCUT2D eigenvalue weighted by Crippen LogP contribution is 2.16. The minimum Gasteiger partial charge on any atom is -0.265 e. The first-order valence-electron chi connectivity index (χ1n) is 10.9. The zero-order valence-corrected chi connectivity index (χ0v) is 19.9. The van der Waals surface area contributed by atoms with E-state index in [2.05, 4.69) is 54.8 Å². The normalized spacial score (nSPS) is 8.83. The van der Waals surface area contributed by atoms with E-state index in [0.717, 1.165) is 0 Å². The summed E-state index contributed by atoms with van der Waals surface area (Å²) in [6.07, 6.45) is 13.1. The van der Waals surface area contributed by atoms with E-state index in [1.807, 2.05) is 76.5 Å². The molecule has 1 unspecified atom stereocenters. The Morgan fingerprint density at radius 1 is 0.586 bits per heavy atom. The van der Waals surface area contributed by atoms with Gasteiger partial charge in [0.15, 0.2) is 0 Å². The van der Waals surface area contributed by atoms with E-state index in [9.17, 15) is 0 Å². The van der Waals surface area contributed by atoms with Crippen LogP contribution in [0.15, 0.2) is 85.7 Å². The number of pyridine rings is 3. The summed E-state index contributed by atoms with van der Waals surface area (Å²) >= 11 is 0. The lowest BCUT2D eigenvalue weighted by Gasteiger charge is -2.06. The summed E-state index contributed by atoms with van der Waals surface area (Å²) in [6.45, 7) is 16.7. The van der Waals surface area contributed by atoms with Gasteiger partial charge >= 0.3 is 0 Å². The highest BCUT2D eigenvalue weighted by molar-refractivity contribution is 5.14. The van der Waals surface area contributed by atoms with Gasteiger partial charge in [0.2, 0.25) is 0 Å². The third-order valence-electron chi connectivity index (χ3n) is 3.02. The van der Waals surface area contributed by atoms with Gasteiger partial charge in [0.25, 0.3) is 0 Å². The molecule has 0 amide bonds. The molecular formula is C26H43N3. The summed E-state index contributed by atoms with van der Waals surface area (Å²) in [6, 6.07) is 15.6. The quantitative estimate of drug-likeness (QED) is 0.437. The lowest BCUT2D eigenvalue weighted by Crippen LogP contribution is -1.89. The molecule has 0 spiro atoms. The van der Waals surface area contributed by atoms with Crippen LogP contribution in [0.1, 0.15) is 79.7 Å². The van der Waals surface area contributed by atoms with Crippen molar-refractivity contribution in [3.63, 3.8) is 0 Å². The maximum atomic E-state index is 3.96. The summed E-state index contributed by atoms with van der Waals surface area (Å²) in [5, 5.41) is 0. The van der Waals surface area contributed by atoms with Crippen molar-refractivity contribution in [2.24, 2.45) is 0 Å². The molecule has 0 aliphatic heterocycles. The summed E-state index contributed by atoms with van der Waals surface area (Å²) in [7, 11) is 0. The van der Waals surface area contributed by atoms with Crippen LogP contribution in [0, 0.1) is 0 Å². The summed E-state index contributed by atoms with van der Waals surface area (Å²) in [4.78, 5) is 11.5. The van der Waals surface area contributed by atoms with Crippen molar-refractivity contribution >= 4 is 0 Å². The highest BCUT2D eigenvalue weighted by atomic mass is 14.6. The van der Waals surface area contributed by atoms with E-state index in [0.29, 0.717) is 5.92 Å². The standard InChI is InChI=1S/C9H13N.2C5H5N.C3H8.2C2H6/c1-3-8(2)9-4-6-10-7-5-9;2*1-2-4-6-5-3-1;1-3-2;2*1-2/h4-8H,3H2,1-2H3;2*1-5H;3H2,1-2H3;2*1-2H3. The fourth-order valence-corrected chi connectivity index (χ4v) is 1.55. The number of rotatable bonds is 2. The highest BCUT2D eigenvalue weighted by Gasteiger charge is 1.99. The van der Waals surface area contributed by atoms with Crippen molar-refractivity contribution in [1.29, 1.82) is 0 Å². The summed E-state index contributed by atoms with van der Waals surface area (Å²) in [5.74, 6) is 0.669. The van der Waals surface area contributed by atoms with Crippen LogP contribution in [0.5, 0.6) is 0 Å². The number of aromatic nitrogens is 3. The average molecular weight is 398 g/mol. The van der Waals surface area contributed by atoms with E-state index in [1.54, 1.807) is 24.8 Å². The van der Waals surface area contributed by atoms with E-state index < -0.39 is 0 Å². The molecule has 0 saturated heterocycles. The molecule has 3 aromatic heterocycles. The van der Waals surface area contributed by atoms with Crippen LogP contribution < -0.4 is 0 Å². The van der Waals surface area contributed by atoms with Crippen LogP contribution in [-0.4, -0.2) is 15.0 Å². The van der Waals surface area contributed by atoms with Crippen LogP contribution in [-0.2, 0) is 0 Å². The van der Waals surface area contributed by atoms with Crippen molar-refractivity contribution in [3.05, 3.63) is 91.3 Å². The van der Waals surface area contributed by atoms with Crippen LogP contribution in [0.4, 0.5) is 0 Å². The maximum Gasteiger partial charge on any atom is 0.0270 e. The van der Waals surface area contributed by atoms with Crippen molar-refractivity contribution in [2.45, 2.75) is 74.1 Å². The van der Waals surface area contributed by atoms with Gasteiger partial charge in [0, 0.05) is 37.2 Å². The van der Waals surface area contributed by atoms with E-state index in [4.69, 9.17) is 0 Å². The van der Waals surface area contributed by atoms with Gasteiger partial charge in [-0.2, -0.15) is 0 Å².